The molecule has 2 atom stereocenters. The van der Waals surface area contributed by atoms with Crippen molar-refractivity contribution in [2.75, 3.05) is 18.6 Å². The van der Waals surface area contributed by atoms with E-state index in [0.29, 0.717) is 11.1 Å². The Bertz CT molecular complexity index is 1270. The lowest BCUT2D eigenvalue weighted by atomic mass is 10.0. The highest BCUT2D eigenvalue weighted by molar-refractivity contribution is 8.00. The lowest BCUT2D eigenvalue weighted by Gasteiger charge is -2.50. The van der Waals surface area contributed by atoms with E-state index in [1.165, 1.54) is 31.0 Å². The number of oxime groups is 1. The number of β-lactam (4-membered cyclic amide) rings is 1. The molecule has 0 saturated carbocycles. The van der Waals surface area contributed by atoms with E-state index in [-0.39, 0.29) is 34.7 Å². The van der Waals surface area contributed by atoms with E-state index >= 15 is 0 Å². The summed E-state index contributed by atoms with van der Waals surface area (Å²) in [6.45, 7) is 0.143. The molecule has 2 aliphatic heterocycles. The Hall–Kier alpha value is -4.05. The number of hydrogen-bond acceptors (Lipinski definition) is 12. The number of nitrogens with one attached hydrogen (secondary N) is 1. The summed E-state index contributed by atoms with van der Waals surface area (Å²) >= 11 is 2.14. The largest absolute Gasteiger partial charge is 0.543 e. The predicted octanol–water partition coefficient (Wildman–Crippen LogP) is -3.04. The molecule has 5 N–H and O–H groups in total. The number of nitrogen functional groups attached to an aromatic ring is 1. The van der Waals surface area contributed by atoms with Gasteiger partial charge in [-0.25, -0.2) is 4.57 Å². The van der Waals surface area contributed by atoms with Gasteiger partial charge in [-0.1, -0.05) is 5.16 Å². The Kier molecular flexibility index (Phi) is 6.65. The Labute approximate surface area is 205 Å². The van der Waals surface area contributed by atoms with Crippen LogP contribution in [0.25, 0.3) is 0 Å². The number of nitrogens with zero attached hydrogens (tertiary/aromatic N) is 5. The molecule has 182 valence electrons. The fraction of sp³-hybridized carbons (Fsp3) is 0.263. The summed E-state index contributed by atoms with van der Waals surface area (Å²) < 4.78 is 5.57. The summed E-state index contributed by atoms with van der Waals surface area (Å²) in [7, 11) is 1.23. The minimum atomic E-state index is -1.51. The Morgan fingerprint density at radius 3 is 2.66 bits per heavy atom. The summed E-state index contributed by atoms with van der Waals surface area (Å²) in [6, 6.07) is 2.00. The molecule has 4 rings (SSSR count). The second-order valence-corrected chi connectivity index (χ2v) is 9.19. The molecule has 0 aliphatic carbocycles. The molecule has 35 heavy (non-hydrogen) atoms. The number of carbonyl (C=O) groups excluding carboxylic acids is 4. The normalized spacial score (nSPS) is 19.6. The molecule has 1 unspecified atom stereocenters. The van der Waals surface area contributed by atoms with Crippen molar-refractivity contribution in [1.29, 1.82) is 0 Å². The minimum Gasteiger partial charge on any atom is -0.543 e. The first kappa shape index (κ1) is 24.1. The minimum absolute atomic E-state index is 0.0660. The van der Waals surface area contributed by atoms with Crippen molar-refractivity contribution in [3.63, 3.8) is 0 Å². The molecule has 0 spiro atoms. The fourth-order valence-corrected chi connectivity index (χ4v) is 5.33. The monoisotopic (exact) mass is 518 g/mol. The maximum absolute atomic E-state index is 12.9. The number of carbonyl (C=O) groups is 4. The summed E-state index contributed by atoms with van der Waals surface area (Å²) in [5.41, 5.74) is 11.0. The van der Waals surface area contributed by atoms with Crippen molar-refractivity contribution in [2.24, 2.45) is 10.9 Å². The van der Waals surface area contributed by atoms with Gasteiger partial charge in [0.2, 0.25) is 17.4 Å². The van der Waals surface area contributed by atoms with Crippen LogP contribution in [-0.4, -0.2) is 67.9 Å². The highest BCUT2D eigenvalue weighted by Gasteiger charge is 2.53. The van der Waals surface area contributed by atoms with Crippen LogP contribution in [0.1, 0.15) is 16.2 Å². The van der Waals surface area contributed by atoms with Crippen LogP contribution in [0.15, 0.2) is 41.0 Å². The van der Waals surface area contributed by atoms with E-state index in [0.717, 1.165) is 16.4 Å². The van der Waals surface area contributed by atoms with Crippen LogP contribution in [0.2, 0.25) is 0 Å². The maximum Gasteiger partial charge on any atom is 0.278 e. The van der Waals surface area contributed by atoms with Gasteiger partial charge in [0.05, 0.1) is 17.2 Å². The number of primary amides is 1. The molecule has 14 nitrogen and oxygen atoms in total. The molecular formula is C19H18N8O6S2. The molecule has 3 amide bonds. The first-order chi connectivity index (χ1) is 16.7. The second kappa shape index (κ2) is 9.67. The van der Waals surface area contributed by atoms with E-state index in [4.69, 9.17) is 11.5 Å². The average Bonchev–Trinajstić information content (AvgIpc) is 3.26. The van der Waals surface area contributed by atoms with Gasteiger partial charge >= 0.3 is 0 Å². The number of aliphatic carboxylic acids is 1. The summed E-state index contributed by atoms with van der Waals surface area (Å²) in [4.78, 5) is 58.5. The van der Waals surface area contributed by atoms with Gasteiger partial charge in [-0.15, -0.1) is 11.8 Å². The molecule has 0 radical (unpaired) electrons. The summed E-state index contributed by atoms with van der Waals surface area (Å²) in [5.74, 6) is -3.31. The van der Waals surface area contributed by atoms with E-state index in [1.807, 2.05) is 0 Å². The third-order valence-corrected chi connectivity index (χ3v) is 7.01. The third kappa shape index (κ3) is 4.65. The van der Waals surface area contributed by atoms with E-state index in [2.05, 4.69) is 24.7 Å². The standard InChI is InChI=1S/C19H18N8O6S2/c1-33-24-10(14-23-19(21)35-25-14)15(29)22-11-16(30)27-12(18(31)32)9(7-34-17(11)27)6-26-4-2-8(3-5-26)13(20)28/h2-5,11,17H,6-7H2,1H3,(H5-,20,21,22,23,25,28,29,31,32)/t11?,17-/m1/s1. The number of anilines is 1. The molecule has 2 aliphatic rings. The van der Waals surface area contributed by atoms with Crippen LogP contribution in [0.3, 0.4) is 0 Å². The maximum atomic E-state index is 12.9. The van der Waals surface area contributed by atoms with Gasteiger partial charge in [0.15, 0.2) is 24.1 Å². The van der Waals surface area contributed by atoms with Gasteiger partial charge in [0.25, 0.3) is 11.8 Å². The Morgan fingerprint density at radius 2 is 2.09 bits per heavy atom. The number of fused-ring (bicyclic) bond motifs is 1. The number of hydrogen-bond donors (Lipinski definition) is 3. The van der Waals surface area contributed by atoms with Crippen molar-refractivity contribution >= 4 is 57.8 Å². The van der Waals surface area contributed by atoms with Crippen LogP contribution in [0, 0.1) is 0 Å². The quantitative estimate of drug-likeness (QED) is 0.139. The van der Waals surface area contributed by atoms with Gasteiger partial charge in [-0.3, -0.25) is 19.3 Å². The number of thioether (sulfide) groups is 1. The summed E-state index contributed by atoms with van der Waals surface area (Å²) in [6.07, 6.45) is 3.15. The van der Waals surface area contributed by atoms with Crippen molar-refractivity contribution in [2.45, 2.75) is 18.0 Å². The molecule has 0 aromatic carbocycles. The van der Waals surface area contributed by atoms with E-state index < -0.39 is 35.1 Å². The smallest absolute Gasteiger partial charge is 0.278 e. The topological polar surface area (TPSA) is 210 Å². The van der Waals surface area contributed by atoms with Gasteiger partial charge < -0.3 is 31.5 Å². The Morgan fingerprint density at radius 1 is 1.37 bits per heavy atom. The van der Waals surface area contributed by atoms with Crippen molar-refractivity contribution in [3.8, 4) is 0 Å². The molecule has 0 bridgehead atoms. The van der Waals surface area contributed by atoms with Crippen LogP contribution in [0.4, 0.5) is 5.13 Å². The predicted molar refractivity (Wildman–Crippen MR) is 120 cm³/mol. The Balaban J connectivity index is 1.52. The highest BCUT2D eigenvalue weighted by Crippen LogP contribution is 2.40. The van der Waals surface area contributed by atoms with Crippen molar-refractivity contribution < 1.29 is 33.7 Å². The molecular weight excluding hydrogens is 500 g/mol. The van der Waals surface area contributed by atoms with Crippen LogP contribution in [-0.2, 0) is 25.8 Å². The van der Waals surface area contributed by atoms with Crippen molar-refractivity contribution in [3.05, 3.63) is 47.2 Å². The SMILES string of the molecule is CON=C(C(=O)NC1C(=O)N2C(C(=O)[O-])=C(C[n+]3ccc(C(N)=O)cc3)CS[C@H]12)c1nsc(N)n1. The number of amides is 3. The third-order valence-electron chi connectivity index (χ3n) is 5.13. The zero-order valence-electron chi connectivity index (χ0n) is 18.0. The number of aromatic nitrogens is 3. The van der Waals surface area contributed by atoms with E-state index in [9.17, 15) is 24.3 Å². The molecule has 1 fully saturated rings. The molecule has 2 aromatic rings. The zero-order valence-corrected chi connectivity index (χ0v) is 19.7. The van der Waals surface area contributed by atoms with Crippen LogP contribution >= 0.6 is 23.3 Å². The molecule has 2 aromatic heterocycles. The second-order valence-electron chi connectivity index (χ2n) is 7.30. The summed E-state index contributed by atoms with van der Waals surface area (Å²) in [5, 5.41) is 17.6. The fourth-order valence-electron chi connectivity index (χ4n) is 3.56. The van der Waals surface area contributed by atoms with Gasteiger partial charge in [0, 0.05) is 35.0 Å². The first-order valence-electron chi connectivity index (χ1n) is 9.89. The number of carboxylic acids is 1. The first-order valence-corrected chi connectivity index (χ1v) is 11.7. The highest BCUT2D eigenvalue weighted by atomic mass is 32.2. The molecule has 4 heterocycles. The number of nitrogens with two attached hydrogens (primary N) is 2. The lowest BCUT2D eigenvalue weighted by Crippen LogP contribution is -2.71. The van der Waals surface area contributed by atoms with Gasteiger partial charge in [-0.05, 0) is 0 Å². The number of carboxylic acid groups (broad SMARTS) is 1. The number of rotatable bonds is 8. The molecule has 1 saturated heterocycles. The molecule has 16 heteroatoms. The lowest BCUT2D eigenvalue weighted by molar-refractivity contribution is -0.689. The van der Waals surface area contributed by atoms with E-state index in [1.54, 1.807) is 17.0 Å². The van der Waals surface area contributed by atoms with Gasteiger partial charge in [-0.2, -0.15) is 9.36 Å². The van der Waals surface area contributed by atoms with Gasteiger partial charge in [0.1, 0.15) is 18.5 Å². The van der Waals surface area contributed by atoms with Crippen molar-refractivity contribution in [1.82, 2.24) is 19.6 Å². The number of pyridine rings is 1. The van der Waals surface area contributed by atoms with Crippen LogP contribution in [0.5, 0.6) is 0 Å². The van der Waals surface area contributed by atoms with Crippen LogP contribution < -0.4 is 26.5 Å². The zero-order chi connectivity index (χ0) is 25.3. The average molecular weight is 519 g/mol.